The van der Waals surface area contributed by atoms with Gasteiger partial charge in [-0.15, -0.1) is 0 Å². The third-order valence-electron chi connectivity index (χ3n) is 3.13. The van der Waals surface area contributed by atoms with E-state index in [2.05, 4.69) is 9.38 Å². The molecule has 1 aromatic carbocycles. The second-order valence-corrected chi connectivity index (χ2v) is 4.80. The molecule has 2 aromatic heterocycles. The van der Waals surface area contributed by atoms with E-state index < -0.39 is 0 Å². The lowest BCUT2D eigenvalue weighted by atomic mass is 10.1. The number of fused-ring (bicyclic) bond motifs is 1. The summed E-state index contributed by atoms with van der Waals surface area (Å²) in [6.45, 7) is 2.05. The molecule has 19 heavy (non-hydrogen) atoms. The fourth-order valence-corrected chi connectivity index (χ4v) is 2.33. The van der Waals surface area contributed by atoms with E-state index in [0.29, 0.717) is 5.02 Å². The topological polar surface area (TPSA) is 26.5 Å². The summed E-state index contributed by atoms with van der Waals surface area (Å²) in [5.41, 5.74) is 3.81. The van der Waals surface area contributed by atoms with Crippen LogP contribution in [-0.4, -0.2) is 16.5 Å². The monoisotopic (exact) mass is 272 g/mol. The first kappa shape index (κ1) is 12.1. The van der Waals surface area contributed by atoms with Crippen molar-refractivity contribution >= 4 is 17.2 Å². The fourth-order valence-electron chi connectivity index (χ4n) is 2.16. The maximum Gasteiger partial charge on any atom is 0.137 e. The van der Waals surface area contributed by atoms with Crippen molar-refractivity contribution in [3.63, 3.8) is 0 Å². The van der Waals surface area contributed by atoms with E-state index in [4.69, 9.17) is 16.3 Å². The van der Waals surface area contributed by atoms with Crippen molar-refractivity contribution in [3.8, 4) is 17.0 Å². The van der Waals surface area contributed by atoms with E-state index in [0.717, 1.165) is 28.3 Å². The first-order valence-electron chi connectivity index (χ1n) is 5.97. The number of aromatic nitrogens is 2. The van der Waals surface area contributed by atoms with Crippen LogP contribution in [0.5, 0.6) is 5.75 Å². The molecule has 0 N–H and O–H groups in total. The highest BCUT2D eigenvalue weighted by molar-refractivity contribution is 6.30. The molecule has 96 valence electrons. The fraction of sp³-hybridized carbons (Fsp3) is 0.133. The number of ether oxygens (including phenoxy) is 1. The first-order chi connectivity index (χ1) is 9.19. The molecule has 0 saturated carbocycles. The van der Waals surface area contributed by atoms with E-state index in [1.54, 1.807) is 7.11 Å². The molecular weight excluding hydrogens is 260 g/mol. The van der Waals surface area contributed by atoms with Crippen LogP contribution in [0.2, 0.25) is 5.02 Å². The van der Waals surface area contributed by atoms with Gasteiger partial charge in [0, 0.05) is 22.5 Å². The highest BCUT2D eigenvalue weighted by Crippen LogP contribution is 2.32. The van der Waals surface area contributed by atoms with Crippen molar-refractivity contribution in [1.29, 1.82) is 0 Å². The molecule has 0 atom stereocenters. The quantitative estimate of drug-likeness (QED) is 0.706. The summed E-state index contributed by atoms with van der Waals surface area (Å²) in [5, 5.41) is 0.671. The van der Waals surface area contributed by atoms with Crippen LogP contribution in [0.4, 0.5) is 0 Å². The zero-order valence-electron chi connectivity index (χ0n) is 10.7. The molecule has 0 amide bonds. The van der Waals surface area contributed by atoms with Gasteiger partial charge in [0.05, 0.1) is 12.8 Å². The van der Waals surface area contributed by atoms with Gasteiger partial charge in [0.15, 0.2) is 0 Å². The Morgan fingerprint density at radius 2 is 2.05 bits per heavy atom. The largest absolute Gasteiger partial charge is 0.496 e. The van der Waals surface area contributed by atoms with Gasteiger partial charge < -0.3 is 9.14 Å². The Morgan fingerprint density at radius 1 is 1.21 bits per heavy atom. The van der Waals surface area contributed by atoms with Crippen LogP contribution in [0, 0.1) is 6.92 Å². The standard InChI is InChI=1S/C15H13ClN2O/c1-10-4-3-5-15-17-13(9-18(10)15)12-8-11(16)6-7-14(12)19-2/h3-9H,1-2H3. The number of hydrogen-bond donors (Lipinski definition) is 0. The van der Waals surface area contributed by atoms with Gasteiger partial charge in [-0.25, -0.2) is 4.98 Å². The molecule has 0 aliphatic heterocycles. The van der Waals surface area contributed by atoms with Crippen LogP contribution in [-0.2, 0) is 0 Å². The summed E-state index contributed by atoms with van der Waals surface area (Å²) >= 11 is 6.06. The van der Waals surface area contributed by atoms with Crippen molar-refractivity contribution in [2.24, 2.45) is 0 Å². The van der Waals surface area contributed by atoms with Gasteiger partial charge in [0.1, 0.15) is 11.4 Å². The van der Waals surface area contributed by atoms with Crippen molar-refractivity contribution < 1.29 is 4.74 Å². The summed E-state index contributed by atoms with van der Waals surface area (Å²) in [6.07, 6.45) is 2.00. The molecule has 2 heterocycles. The van der Waals surface area contributed by atoms with Crippen LogP contribution in [0.25, 0.3) is 16.9 Å². The number of methoxy groups -OCH3 is 1. The van der Waals surface area contributed by atoms with E-state index in [9.17, 15) is 0 Å². The lowest BCUT2D eigenvalue weighted by Gasteiger charge is -2.06. The second-order valence-electron chi connectivity index (χ2n) is 4.37. The third kappa shape index (κ3) is 2.06. The van der Waals surface area contributed by atoms with Gasteiger partial charge in [-0.05, 0) is 37.3 Å². The van der Waals surface area contributed by atoms with Crippen LogP contribution >= 0.6 is 11.6 Å². The van der Waals surface area contributed by atoms with Gasteiger partial charge in [-0.2, -0.15) is 0 Å². The zero-order chi connectivity index (χ0) is 13.4. The van der Waals surface area contributed by atoms with E-state index >= 15 is 0 Å². The zero-order valence-corrected chi connectivity index (χ0v) is 11.5. The minimum atomic E-state index is 0.671. The maximum absolute atomic E-state index is 6.06. The molecule has 3 nitrogen and oxygen atoms in total. The average molecular weight is 273 g/mol. The number of benzene rings is 1. The number of pyridine rings is 1. The number of nitrogens with zero attached hydrogens (tertiary/aromatic N) is 2. The predicted octanol–water partition coefficient (Wildman–Crippen LogP) is 3.97. The Balaban J connectivity index is 2.24. The summed E-state index contributed by atoms with van der Waals surface area (Å²) in [6, 6.07) is 11.6. The highest BCUT2D eigenvalue weighted by Gasteiger charge is 2.11. The number of aryl methyl sites for hydroxylation is 1. The number of halogens is 1. The molecule has 0 saturated heterocycles. The molecule has 0 bridgehead atoms. The van der Waals surface area contributed by atoms with Crippen molar-refractivity contribution in [2.75, 3.05) is 7.11 Å². The second kappa shape index (κ2) is 4.59. The van der Waals surface area contributed by atoms with Gasteiger partial charge in [-0.3, -0.25) is 0 Å². The molecule has 0 spiro atoms. The Kier molecular flexibility index (Phi) is 2.91. The number of hydrogen-bond acceptors (Lipinski definition) is 2. The van der Waals surface area contributed by atoms with Crippen LogP contribution in [0.1, 0.15) is 5.69 Å². The molecule has 3 aromatic rings. The molecule has 0 unspecified atom stereocenters. The van der Waals surface area contributed by atoms with Crippen molar-refractivity contribution in [1.82, 2.24) is 9.38 Å². The minimum absolute atomic E-state index is 0.671. The lowest BCUT2D eigenvalue weighted by molar-refractivity contribution is 0.416. The Bertz CT molecular complexity index is 749. The Labute approximate surface area is 116 Å². The molecule has 4 heteroatoms. The SMILES string of the molecule is COc1ccc(Cl)cc1-c1cn2c(C)cccc2n1. The van der Waals surface area contributed by atoms with Crippen LogP contribution in [0.3, 0.4) is 0 Å². The Morgan fingerprint density at radius 3 is 2.79 bits per heavy atom. The van der Waals surface area contributed by atoms with E-state index in [1.165, 1.54) is 0 Å². The number of rotatable bonds is 2. The van der Waals surface area contributed by atoms with Crippen molar-refractivity contribution in [3.05, 3.63) is 53.3 Å². The van der Waals surface area contributed by atoms with Crippen LogP contribution < -0.4 is 4.74 Å². The highest BCUT2D eigenvalue weighted by atomic mass is 35.5. The molecule has 0 aliphatic rings. The predicted molar refractivity (Wildman–Crippen MR) is 76.9 cm³/mol. The lowest BCUT2D eigenvalue weighted by Crippen LogP contribution is -1.88. The molecule has 0 aliphatic carbocycles. The molecule has 0 fully saturated rings. The van der Waals surface area contributed by atoms with Gasteiger partial charge in [-0.1, -0.05) is 17.7 Å². The average Bonchev–Trinajstić information content (AvgIpc) is 2.84. The van der Waals surface area contributed by atoms with Gasteiger partial charge in [0.25, 0.3) is 0 Å². The number of imidazole rings is 1. The van der Waals surface area contributed by atoms with E-state index in [-0.39, 0.29) is 0 Å². The molecule has 3 rings (SSSR count). The van der Waals surface area contributed by atoms with E-state index in [1.807, 2.05) is 49.5 Å². The smallest absolute Gasteiger partial charge is 0.137 e. The Hall–Kier alpha value is -2.00. The van der Waals surface area contributed by atoms with Crippen LogP contribution in [0.15, 0.2) is 42.6 Å². The van der Waals surface area contributed by atoms with Gasteiger partial charge >= 0.3 is 0 Å². The normalized spacial score (nSPS) is 10.9. The van der Waals surface area contributed by atoms with Gasteiger partial charge in [0.2, 0.25) is 0 Å². The summed E-state index contributed by atoms with van der Waals surface area (Å²) in [7, 11) is 1.65. The third-order valence-corrected chi connectivity index (χ3v) is 3.37. The summed E-state index contributed by atoms with van der Waals surface area (Å²) in [5.74, 6) is 0.769. The molecular formula is C15H13ClN2O. The first-order valence-corrected chi connectivity index (χ1v) is 6.35. The summed E-state index contributed by atoms with van der Waals surface area (Å²) in [4.78, 5) is 4.62. The van der Waals surface area contributed by atoms with Crippen molar-refractivity contribution in [2.45, 2.75) is 6.92 Å². The summed E-state index contributed by atoms with van der Waals surface area (Å²) < 4.78 is 7.42. The minimum Gasteiger partial charge on any atom is -0.496 e. The maximum atomic E-state index is 6.06. The molecule has 0 radical (unpaired) electrons.